The molecule has 1 heterocycles. The van der Waals surface area contributed by atoms with Gasteiger partial charge in [-0.1, -0.05) is 18.6 Å². The summed E-state index contributed by atoms with van der Waals surface area (Å²) in [6.07, 6.45) is 3.29. The Balaban J connectivity index is 1.89. The van der Waals surface area contributed by atoms with Crippen molar-refractivity contribution in [1.82, 2.24) is 9.62 Å². The minimum atomic E-state index is -3.47. The molecule has 1 aliphatic rings. The van der Waals surface area contributed by atoms with Gasteiger partial charge in [0.1, 0.15) is 0 Å². The summed E-state index contributed by atoms with van der Waals surface area (Å²) in [6.45, 7) is 4.61. The standard InChI is InChI=1S/C19H28N2O5S/c1-19(2,18(23)24)10-11-20-17(22)14-15-6-8-16(9-7-15)27(25,26)21-12-4-3-5-13-21/h6-9H,3-5,10-14H2,1-2H3,(H,20,22)(H,23,24). The average Bonchev–Trinajstić information content (AvgIpc) is 2.62. The van der Waals surface area contributed by atoms with Crippen molar-refractivity contribution in [2.75, 3.05) is 19.6 Å². The van der Waals surface area contributed by atoms with E-state index in [1.807, 2.05) is 0 Å². The molecule has 27 heavy (non-hydrogen) atoms. The van der Waals surface area contributed by atoms with Crippen molar-refractivity contribution in [3.63, 3.8) is 0 Å². The summed E-state index contributed by atoms with van der Waals surface area (Å²) in [7, 11) is -3.47. The highest BCUT2D eigenvalue weighted by Crippen LogP contribution is 2.21. The third kappa shape index (κ3) is 5.77. The quantitative estimate of drug-likeness (QED) is 0.700. The number of hydrogen-bond donors (Lipinski definition) is 2. The molecule has 0 atom stereocenters. The van der Waals surface area contributed by atoms with Gasteiger partial charge in [0.15, 0.2) is 0 Å². The van der Waals surface area contributed by atoms with Crippen LogP contribution < -0.4 is 5.32 Å². The molecule has 7 nitrogen and oxygen atoms in total. The average molecular weight is 397 g/mol. The first kappa shape index (κ1) is 21.4. The van der Waals surface area contributed by atoms with Gasteiger partial charge in [-0.05, 0) is 50.8 Å². The van der Waals surface area contributed by atoms with Crippen molar-refractivity contribution >= 4 is 21.9 Å². The van der Waals surface area contributed by atoms with E-state index in [0.29, 0.717) is 25.1 Å². The van der Waals surface area contributed by atoms with Crippen molar-refractivity contribution in [3.8, 4) is 0 Å². The van der Waals surface area contributed by atoms with Crippen LogP contribution in [0.2, 0.25) is 0 Å². The predicted molar refractivity (Wildman–Crippen MR) is 102 cm³/mol. The second-order valence-electron chi connectivity index (χ2n) is 7.57. The number of hydrogen-bond acceptors (Lipinski definition) is 4. The first-order valence-electron chi connectivity index (χ1n) is 9.22. The van der Waals surface area contributed by atoms with Crippen LogP contribution in [0.1, 0.15) is 45.1 Å². The van der Waals surface area contributed by atoms with E-state index in [-0.39, 0.29) is 23.8 Å². The monoisotopic (exact) mass is 396 g/mol. The molecule has 2 N–H and O–H groups in total. The number of rotatable bonds is 8. The van der Waals surface area contributed by atoms with Crippen LogP contribution in [-0.2, 0) is 26.0 Å². The molecule has 0 saturated carbocycles. The van der Waals surface area contributed by atoms with E-state index in [1.165, 1.54) is 4.31 Å². The minimum absolute atomic E-state index is 0.123. The lowest BCUT2D eigenvalue weighted by molar-refractivity contribution is -0.147. The number of carbonyl (C=O) groups excluding carboxylic acids is 1. The molecule has 1 saturated heterocycles. The maximum atomic E-state index is 12.6. The second-order valence-corrected chi connectivity index (χ2v) is 9.51. The molecule has 0 aliphatic carbocycles. The Bertz CT molecular complexity index is 766. The zero-order valence-corrected chi connectivity index (χ0v) is 16.7. The first-order valence-corrected chi connectivity index (χ1v) is 10.7. The number of sulfonamides is 1. The van der Waals surface area contributed by atoms with Crippen LogP contribution >= 0.6 is 0 Å². The molecule has 0 radical (unpaired) electrons. The van der Waals surface area contributed by atoms with Crippen molar-refractivity contribution in [2.45, 2.75) is 50.8 Å². The summed E-state index contributed by atoms with van der Waals surface area (Å²) in [5.74, 6) is -1.12. The normalized spacial score (nSPS) is 16.1. The highest BCUT2D eigenvalue weighted by atomic mass is 32.2. The molecule has 1 fully saturated rings. The Kier molecular flexibility index (Phi) is 7.00. The zero-order valence-electron chi connectivity index (χ0n) is 15.9. The number of nitrogens with zero attached hydrogens (tertiary/aromatic N) is 1. The molecule has 8 heteroatoms. The van der Waals surface area contributed by atoms with Crippen LogP contribution in [0, 0.1) is 5.41 Å². The van der Waals surface area contributed by atoms with Gasteiger partial charge in [-0.2, -0.15) is 4.31 Å². The number of benzene rings is 1. The number of aliphatic carboxylic acids is 1. The largest absolute Gasteiger partial charge is 0.481 e. The van der Waals surface area contributed by atoms with E-state index in [0.717, 1.165) is 19.3 Å². The fourth-order valence-electron chi connectivity index (χ4n) is 2.90. The lowest BCUT2D eigenvalue weighted by Crippen LogP contribution is -2.35. The highest BCUT2D eigenvalue weighted by molar-refractivity contribution is 7.89. The molecular formula is C19H28N2O5S. The molecule has 1 aromatic rings. The Labute approximate surface area is 160 Å². The summed E-state index contributed by atoms with van der Waals surface area (Å²) >= 11 is 0. The van der Waals surface area contributed by atoms with E-state index in [4.69, 9.17) is 5.11 Å². The number of nitrogens with one attached hydrogen (secondary N) is 1. The van der Waals surface area contributed by atoms with Crippen molar-refractivity contribution < 1.29 is 23.1 Å². The Morgan fingerprint density at radius 2 is 1.70 bits per heavy atom. The summed E-state index contributed by atoms with van der Waals surface area (Å²) < 4.78 is 26.7. The summed E-state index contributed by atoms with van der Waals surface area (Å²) in [6, 6.07) is 6.38. The van der Waals surface area contributed by atoms with Crippen LogP contribution in [0.5, 0.6) is 0 Å². The van der Waals surface area contributed by atoms with Gasteiger partial charge in [-0.15, -0.1) is 0 Å². The van der Waals surface area contributed by atoms with Crippen molar-refractivity contribution in [2.24, 2.45) is 5.41 Å². The fourth-order valence-corrected chi connectivity index (χ4v) is 4.42. The van der Waals surface area contributed by atoms with Crippen molar-refractivity contribution in [3.05, 3.63) is 29.8 Å². The van der Waals surface area contributed by atoms with Crippen LogP contribution in [0.4, 0.5) is 0 Å². The first-order chi connectivity index (χ1) is 12.6. The third-order valence-electron chi connectivity index (χ3n) is 4.89. The topological polar surface area (TPSA) is 104 Å². The Morgan fingerprint density at radius 3 is 2.26 bits per heavy atom. The van der Waals surface area contributed by atoms with E-state index in [1.54, 1.807) is 38.1 Å². The highest BCUT2D eigenvalue weighted by Gasteiger charge is 2.27. The maximum Gasteiger partial charge on any atom is 0.309 e. The second kappa shape index (κ2) is 8.84. The molecule has 2 rings (SSSR count). The molecule has 150 valence electrons. The van der Waals surface area contributed by atoms with Gasteiger partial charge in [0, 0.05) is 19.6 Å². The molecule has 1 aromatic carbocycles. The van der Waals surface area contributed by atoms with Gasteiger partial charge >= 0.3 is 5.97 Å². The summed E-state index contributed by atoms with van der Waals surface area (Å²) in [5.41, 5.74) is -0.180. The zero-order chi connectivity index (χ0) is 20.1. The van der Waals surface area contributed by atoms with Gasteiger partial charge in [0.2, 0.25) is 15.9 Å². The van der Waals surface area contributed by atoms with Crippen LogP contribution in [0.15, 0.2) is 29.2 Å². The lowest BCUT2D eigenvalue weighted by atomic mass is 9.90. The number of carboxylic acids is 1. The van der Waals surface area contributed by atoms with Gasteiger partial charge in [-0.3, -0.25) is 9.59 Å². The molecule has 1 aliphatic heterocycles. The summed E-state index contributed by atoms with van der Waals surface area (Å²) in [5, 5.41) is 11.8. The van der Waals surface area contributed by atoms with E-state index in [9.17, 15) is 18.0 Å². The third-order valence-corrected chi connectivity index (χ3v) is 6.80. The number of carbonyl (C=O) groups is 2. The molecule has 0 unspecified atom stereocenters. The molecule has 0 bridgehead atoms. The fraction of sp³-hybridized carbons (Fsp3) is 0.579. The Hall–Kier alpha value is -1.93. The van der Waals surface area contributed by atoms with Gasteiger partial charge in [-0.25, -0.2) is 8.42 Å². The molecule has 0 spiro atoms. The van der Waals surface area contributed by atoms with Gasteiger partial charge in [0.25, 0.3) is 0 Å². The van der Waals surface area contributed by atoms with E-state index in [2.05, 4.69) is 5.32 Å². The molecule has 0 aromatic heterocycles. The minimum Gasteiger partial charge on any atom is -0.481 e. The molecular weight excluding hydrogens is 368 g/mol. The Morgan fingerprint density at radius 1 is 1.11 bits per heavy atom. The number of piperidine rings is 1. The van der Waals surface area contributed by atoms with Crippen LogP contribution in [-0.4, -0.2) is 49.3 Å². The summed E-state index contributed by atoms with van der Waals surface area (Å²) in [4.78, 5) is 23.3. The van der Waals surface area contributed by atoms with Crippen molar-refractivity contribution in [1.29, 1.82) is 0 Å². The van der Waals surface area contributed by atoms with Gasteiger partial charge in [0.05, 0.1) is 16.7 Å². The van der Waals surface area contributed by atoms with E-state index >= 15 is 0 Å². The van der Waals surface area contributed by atoms with Gasteiger partial charge < -0.3 is 10.4 Å². The van der Waals surface area contributed by atoms with Crippen LogP contribution in [0.25, 0.3) is 0 Å². The smallest absolute Gasteiger partial charge is 0.309 e. The maximum absolute atomic E-state index is 12.6. The van der Waals surface area contributed by atoms with E-state index < -0.39 is 21.4 Å². The van der Waals surface area contributed by atoms with Crippen LogP contribution in [0.3, 0.4) is 0 Å². The lowest BCUT2D eigenvalue weighted by Gasteiger charge is -2.25. The number of amides is 1. The predicted octanol–water partition coefficient (Wildman–Crippen LogP) is 2.02. The SMILES string of the molecule is CC(C)(CCNC(=O)Cc1ccc(S(=O)(=O)N2CCCCC2)cc1)C(=O)O. The molecule has 1 amide bonds. The number of carboxylic acid groups (broad SMARTS) is 1.